The van der Waals surface area contributed by atoms with Crippen LogP contribution in [0.5, 0.6) is 0 Å². The smallest absolute Gasteiger partial charge is 0.245 e. The molecule has 0 spiro atoms. The number of rotatable bonds is 5. The first-order chi connectivity index (χ1) is 11.2. The molecule has 1 heterocycles. The highest BCUT2D eigenvalue weighted by molar-refractivity contribution is 9.10. The third-order valence-corrected chi connectivity index (χ3v) is 7.16. The molecule has 2 aromatic rings. The fourth-order valence-corrected chi connectivity index (χ4v) is 3.89. The largest absolute Gasteiger partial charge is 0.323 e. The fraction of sp³-hybridized carbons (Fsp3) is 0.250. The highest BCUT2D eigenvalue weighted by Crippen LogP contribution is 2.28. The minimum atomic E-state index is -3.84. The van der Waals surface area contributed by atoms with E-state index in [1.54, 1.807) is 24.3 Å². The third kappa shape index (κ3) is 3.81. The second-order valence-electron chi connectivity index (χ2n) is 5.51. The van der Waals surface area contributed by atoms with Crippen molar-refractivity contribution < 1.29 is 13.2 Å². The van der Waals surface area contributed by atoms with Gasteiger partial charge in [0.1, 0.15) is 4.75 Å². The zero-order valence-electron chi connectivity index (χ0n) is 13.4. The zero-order chi connectivity index (χ0) is 18.0. The molecule has 0 aliphatic heterocycles. The summed E-state index contributed by atoms with van der Waals surface area (Å²) in [4.78, 5) is 16.8. The molecular formula is C16H17BrN2O3S2. The van der Waals surface area contributed by atoms with Gasteiger partial charge in [0.25, 0.3) is 0 Å². The van der Waals surface area contributed by atoms with Gasteiger partial charge in [0.2, 0.25) is 5.91 Å². The van der Waals surface area contributed by atoms with Crippen molar-refractivity contribution in [2.45, 2.75) is 28.5 Å². The predicted octanol–water partition coefficient (Wildman–Crippen LogP) is 3.76. The Morgan fingerprint density at radius 3 is 2.29 bits per heavy atom. The number of carbonyl (C=O) groups is 1. The van der Waals surface area contributed by atoms with Gasteiger partial charge in [0.15, 0.2) is 9.84 Å². The van der Waals surface area contributed by atoms with Crippen molar-refractivity contribution in [2.75, 3.05) is 11.6 Å². The first kappa shape index (κ1) is 19.0. The van der Waals surface area contributed by atoms with Crippen LogP contribution in [0.15, 0.2) is 57.0 Å². The van der Waals surface area contributed by atoms with E-state index in [-0.39, 0.29) is 4.90 Å². The van der Waals surface area contributed by atoms with Crippen LogP contribution in [0.25, 0.3) is 0 Å². The van der Waals surface area contributed by atoms with E-state index in [2.05, 4.69) is 26.2 Å². The standard InChI is InChI=1S/C16H17BrN2O3S2/c1-16(2,24(21,22)13-7-4-11(17)5-8-13)15(20)19-12-6-9-14(23-3)18-10-12/h4-10H,1-3H3,(H,19,20). The second kappa shape index (κ2) is 7.25. The number of nitrogens with one attached hydrogen (secondary N) is 1. The molecular weight excluding hydrogens is 412 g/mol. The summed E-state index contributed by atoms with van der Waals surface area (Å²) in [6.45, 7) is 2.78. The van der Waals surface area contributed by atoms with Gasteiger partial charge in [0, 0.05) is 4.47 Å². The molecule has 0 unspecified atom stereocenters. The zero-order valence-corrected chi connectivity index (χ0v) is 16.6. The van der Waals surface area contributed by atoms with Crippen LogP contribution in [0.4, 0.5) is 5.69 Å². The molecule has 1 aromatic carbocycles. The molecule has 1 aromatic heterocycles. The molecule has 5 nitrogen and oxygen atoms in total. The lowest BCUT2D eigenvalue weighted by Crippen LogP contribution is -2.44. The minimum absolute atomic E-state index is 0.0988. The van der Waals surface area contributed by atoms with Crippen molar-refractivity contribution in [2.24, 2.45) is 0 Å². The predicted molar refractivity (Wildman–Crippen MR) is 100 cm³/mol. The second-order valence-corrected chi connectivity index (χ2v) is 9.75. The van der Waals surface area contributed by atoms with Crippen molar-refractivity contribution >= 4 is 49.1 Å². The molecule has 0 saturated heterocycles. The fourth-order valence-electron chi connectivity index (χ4n) is 1.89. The molecule has 0 atom stereocenters. The number of sulfone groups is 1. The van der Waals surface area contributed by atoms with E-state index in [4.69, 9.17) is 0 Å². The minimum Gasteiger partial charge on any atom is -0.323 e. The number of nitrogens with zero attached hydrogens (tertiary/aromatic N) is 1. The third-order valence-electron chi connectivity index (χ3n) is 3.55. The van der Waals surface area contributed by atoms with Crippen LogP contribution in [-0.4, -0.2) is 30.3 Å². The Bertz CT molecular complexity index is 833. The molecule has 1 N–H and O–H groups in total. The van der Waals surface area contributed by atoms with Gasteiger partial charge in [0.05, 0.1) is 21.8 Å². The lowest BCUT2D eigenvalue weighted by Gasteiger charge is -2.24. The van der Waals surface area contributed by atoms with Gasteiger partial charge < -0.3 is 5.32 Å². The summed E-state index contributed by atoms with van der Waals surface area (Å²) in [6.07, 6.45) is 3.40. The number of aromatic nitrogens is 1. The van der Waals surface area contributed by atoms with Gasteiger partial charge in [-0.2, -0.15) is 0 Å². The van der Waals surface area contributed by atoms with Crippen molar-refractivity contribution in [1.29, 1.82) is 0 Å². The number of carbonyl (C=O) groups excluding carboxylic acids is 1. The summed E-state index contributed by atoms with van der Waals surface area (Å²) in [5.41, 5.74) is 0.455. The van der Waals surface area contributed by atoms with Crippen LogP contribution in [-0.2, 0) is 14.6 Å². The number of thioether (sulfide) groups is 1. The van der Waals surface area contributed by atoms with Crippen LogP contribution in [0.2, 0.25) is 0 Å². The van der Waals surface area contributed by atoms with E-state index in [0.717, 1.165) is 9.50 Å². The summed E-state index contributed by atoms with van der Waals surface area (Å²) in [6, 6.07) is 9.67. The number of hydrogen-bond acceptors (Lipinski definition) is 5. The highest BCUT2D eigenvalue weighted by atomic mass is 79.9. The summed E-state index contributed by atoms with van der Waals surface area (Å²) in [7, 11) is -3.84. The molecule has 2 rings (SSSR count). The Hall–Kier alpha value is -1.38. The van der Waals surface area contributed by atoms with E-state index >= 15 is 0 Å². The molecule has 0 radical (unpaired) electrons. The summed E-state index contributed by atoms with van der Waals surface area (Å²) >= 11 is 4.75. The van der Waals surface area contributed by atoms with Crippen LogP contribution in [0.3, 0.4) is 0 Å². The Balaban J connectivity index is 2.26. The number of hydrogen-bond donors (Lipinski definition) is 1. The molecule has 0 bridgehead atoms. The van der Waals surface area contributed by atoms with E-state index in [1.807, 2.05) is 6.26 Å². The van der Waals surface area contributed by atoms with E-state index < -0.39 is 20.5 Å². The molecule has 0 saturated carbocycles. The van der Waals surface area contributed by atoms with Crippen molar-refractivity contribution in [3.05, 3.63) is 47.1 Å². The van der Waals surface area contributed by atoms with Crippen LogP contribution in [0, 0.1) is 0 Å². The number of halogens is 1. The van der Waals surface area contributed by atoms with Crippen molar-refractivity contribution in [1.82, 2.24) is 4.98 Å². The van der Waals surface area contributed by atoms with E-state index in [1.165, 1.54) is 43.9 Å². The maximum absolute atomic E-state index is 12.8. The Kier molecular flexibility index (Phi) is 5.72. The Morgan fingerprint density at radius 2 is 1.79 bits per heavy atom. The molecule has 0 aliphatic carbocycles. The quantitative estimate of drug-likeness (QED) is 0.733. The van der Waals surface area contributed by atoms with Crippen LogP contribution < -0.4 is 5.32 Å². The SMILES string of the molecule is CSc1ccc(NC(=O)C(C)(C)S(=O)(=O)c2ccc(Br)cc2)cn1. The topological polar surface area (TPSA) is 76.1 Å². The van der Waals surface area contributed by atoms with Gasteiger partial charge >= 0.3 is 0 Å². The normalized spacial score (nSPS) is 12.0. The number of pyridine rings is 1. The number of amides is 1. The maximum atomic E-state index is 12.8. The monoisotopic (exact) mass is 428 g/mol. The lowest BCUT2D eigenvalue weighted by molar-refractivity contribution is -0.117. The van der Waals surface area contributed by atoms with Crippen molar-refractivity contribution in [3.63, 3.8) is 0 Å². The molecule has 0 aliphatic rings. The molecule has 1 amide bonds. The molecule has 24 heavy (non-hydrogen) atoms. The molecule has 0 fully saturated rings. The Labute approximate surface area is 154 Å². The van der Waals surface area contributed by atoms with Gasteiger partial charge in [-0.3, -0.25) is 4.79 Å². The number of anilines is 1. The number of benzene rings is 1. The summed E-state index contributed by atoms with van der Waals surface area (Å²) in [5.74, 6) is -0.607. The van der Waals surface area contributed by atoms with Crippen molar-refractivity contribution in [3.8, 4) is 0 Å². The van der Waals surface area contributed by atoms with Gasteiger partial charge in [-0.05, 0) is 56.5 Å². The summed E-state index contributed by atoms with van der Waals surface area (Å²) < 4.78 is 24.7. The van der Waals surface area contributed by atoms with E-state index in [9.17, 15) is 13.2 Å². The lowest BCUT2D eigenvalue weighted by atomic mass is 10.2. The maximum Gasteiger partial charge on any atom is 0.245 e. The van der Waals surface area contributed by atoms with Gasteiger partial charge in [-0.25, -0.2) is 13.4 Å². The average Bonchev–Trinajstić information content (AvgIpc) is 2.55. The molecule has 8 heteroatoms. The van der Waals surface area contributed by atoms with Gasteiger partial charge in [-0.15, -0.1) is 11.8 Å². The first-order valence-corrected chi connectivity index (χ1v) is 10.5. The van der Waals surface area contributed by atoms with E-state index in [0.29, 0.717) is 5.69 Å². The molecule has 128 valence electrons. The first-order valence-electron chi connectivity index (χ1n) is 7.00. The van der Waals surface area contributed by atoms with Gasteiger partial charge in [-0.1, -0.05) is 15.9 Å². The van der Waals surface area contributed by atoms with Crippen LogP contribution >= 0.6 is 27.7 Å². The van der Waals surface area contributed by atoms with Crippen LogP contribution in [0.1, 0.15) is 13.8 Å². The Morgan fingerprint density at radius 1 is 1.17 bits per heavy atom. The summed E-state index contributed by atoms with van der Waals surface area (Å²) in [5, 5.41) is 3.44. The average molecular weight is 429 g/mol. The highest BCUT2D eigenvalue weighted by Gasteiger charge is 2.42.